The zero-order chi connectivity index (χ0) is 20.8. The molecule has 0 spiro atoms. The fourth-order valence-corrected chi connectivity index (χ4v) is 3.99. The first-order chi connectivity index (χ1) is 14.0. The van der Waals surface area contributed by atoms with Crippen molar-refractivity contribution in [1.82, 2.24) is 9.88 Å². The van der Waals surface area contributed by atoms with Crippen LogP contribution in [0.4, 0.5) is 0 Å². The third-order valence-corrected chi connectivity index (χ3v) is 5.73. The highest BCUT2D eigenvalue weighted by Crippen LogP contribution is 2.29. The summed E-state index contributed by atoms with van der Waals surface area (Å²) in [6.07, 6.45) is 5.95. The average Bonchev–Trinajstić information content (AvgIpc) is 3.03. The topological polar surface area (TPSA) is 54.3 Å². The molecular formula is C24H29ClN2O2. The second-order valence-corrected chi connectivity index (χ2v) is 8.05. The lowest BCUT2D eigenvalue weighted by molar-refractivity contribution is 0.0697. The highest BCUT2D eigenvalue weighted by atomic mass is 35.5. The number of aromatic nitrogens is 1. The van der Waals surface area contributed by atoms with Crippen molar-refractivity contribution in [3.05, 3.63) is 70.4 Å². The van der Waals surface area contributed by atoms with E-state index in [2.05, 4.69) is 36.0 Å². The third kappa shape index (κ3) is 5.40. The van der Waals surface area contributed by atoms with E-state index in [0.29, 0.717) is 12.1 Å². The smallest absolute Gasteiger partial charge is 0.335 e. The molecule has 0 fully saturated rings. The summed E-state index contributed by atoms with van der Waals surface area (Å²) in [4.78, 5) is 11.1. The van der Waals surface area contributed by atoms with E-state index < -0.39 is 5.97 Å². The Morgan fingerprint density at radius 2 is 1.86 bits per heavy atom. The van der Waals surface area contributed by atoms with Gasteiger partial charge in [0.2, 0.25) is 0 Å². The molecule has 3 rings (SSSR count). The Labute approximate surface area is 177 Å². The lowest BCUT2D eigenvalue weighted by Crippen LogP contribution is -2.23. The molecule has 0 amide bonds. The summed E-state index contributed by atoms with van der Waals surface area (Å²) in [5.74, 6) is -0.896. The van der Waals surface area contributed by atoms with Crippen molar-refractivity contribution in [2.45, 2.75) is 51.6 Å². The summed E-state index contributed by atoms with van der Waals surface area (Å²) >= 11 is 6.19. The molecule has 2 N–H and O–H groups in total. The van der Waals surface area contributed by atoms with Crippen LogP contribution in [0.25, 0.3) is 10.9 Å². The summed E-state index contributed by atoms with van der Waals surface area (Å²) < 4.78 is 2.25. The predicted molar refractivity (Wildman–Crippen MR) is 120 cm³/mol. The second kappa shape index (κ2) is 9.95. The molecule has 1 aromatic heterocycles. The summed E-state index contributed by atoms with van der Waals surface area (Å²) in [5, 5.41) is 14.7. The van der Waals surface area contributed by atoms with Gasteiger partial charge in [0.15, 0.2) is 0 Å². The number of carboxylic acids is 1. The Morgan fingerprint density at radius 1 is 1.10 bits per heavy atom. The van der Waals surface area contributed by atoms with Crippen LogP contribution in [0.15, 0.2) is 48.5 Å². The molecule has 5 heteroatoms. The molecule has 29 heavy (non-hydrogen) atoms. The first-order valence-electron chi connectivity index (χ1n) is 10.3. The van der Waals surface area contributed by atoms with E-state index >= 15 is 0 Å². The van der Waals surface area contributed by atoms with E-state index in [1.165, 1.54) is 36.9 Å². The summed E-state index contributed by atoms with van der Waals surface area (Å²) in [6, 6.07) is 15.6. The Hall–Kier alpha value is -2.30. The lowest BCUT2D eigenvalue weighted by Gasteiger charge is -2.20. The van der Waals surface area contributed by atoms with Crippen LogP contribution in [0.2, 0.25) is 5.02 Å². The van der Waals surface area contributed by atoms with Gasteiger partial charge >= 0.3 is 5.97 Å². The minimum Gasteiger partial charge on any atom is -0.478 e. The summed E-state index contributed by atoms with van der Waals surface area (Å²) in [7, 11) is 2.11. The van der Waals surface area contributed by atoms with Crippen molar-refractivity contribution in [3.63, 3.8) is 0 Å². The van der Waals surface area contributed by atoms with Gasteiger partial charge in [-0.15, -0.1) is 0 Å². The van der Waals surface area contributed by atoms with Crippen LogP contribution in [-0.2, 0) is 13.6 Å². The maximum Gasteiger partial charge on any atom is 0.335 e. The molecule has 154 valence electrons. The molecule has 1 unspecified atom stereocenters. The van der Waals surface area contributed by atoms with Crippen molar-refractivity contribution in [1.29, 1.82) is 0 Å². The molecule has 1 atom stereocenters. The number of hydrogen-bond donors (Lipinski definition) is 2. The molecule has 3 aromatic rings. The van der Waals surface area contributed by atoms with Gasteiger partial charge < -0.3 is 15.0 Å². The Balaban J connectivity index is 1.78. The van der Waals surface area contributed by atoms with Gasteiger partial charge in [0, 0.05) is 41.3 Å². The van der Waals surface area contributed by atoms with Crippen molar-refractivity contribution >= 4 is 28.5 Å². The Kier molecular flexibility index (Phi) is 7.34. The normalized spacial score (nSPS) is 12.4. The number of benzene rings is 2. The Bertz CT molecular complexity index is 963. The number of fused-ring (bicyclic) bond motifs is 1. The van der Waals surface area contributed by atoms with Crippen LogP contribution >= 0.6 is 11.6 Å². The zero-order valence-corrected chi connectivity index (χ0v) is 17.9. The van der Waals surface area contributed by atoms with Gasteiger partial charge in [0.1, 0.15) is 0 Å². The standard InChI is InChI=1S/C24H29ClN2O2/c1-3-4-5-6-7-21(26-16-17-8-10-18(11-9-17)24(28)29)23-15-19-14-20(25)12-13-22(19)27(23)2/h8-15,21,26H,3-7,16H2,1-2H3,(H,28,29). The number of carbonyl (C=O) groups is 1. The van der Waals surface area contributed by atoms with Crippen molar-refractivity contribution < 1.29 is 9.90 Å². The predicted octanol–water partition coefficient (Wildman–Crippen LogP) is 6.33. The quantitative estimate of drug-likeness (QED) is 0.382. The molecule has 0 aliphatic rings. The van der Waals surface area contributed by atoms with Gasteiger partial charge in [-0.1, -0.05) is 56.3 Å². The molecule has 0 radical (unpaired) electrons. The van der Waals surface area contributed by atoms with Crippen molar-refractivity contribution in [2.75, 3.05) is 0 Å². The number of rotatable bonds is 10. The van der Waals surface area contributed by atoms with Gasteiger partial charge in [-0.05, 0) is 48.4 Å². The van der Waals surface area contributed by atoms with E-state index in [-0.39, 0.29) is 6.04 Å². The number of nitrogens with zero attached hydrogens (tertiary/aromatic N) is 1. The zero-order valence-electron chi connectivity index (χ0n) is 17.1. The highest BCUT2D eigenvalue weighted by molar-refractivity contribution is 6.31. The highest BCUT2D eigenvalue weighted by Gasteiger charge is 2.17. The fourth-order valence-electron chi connectivity index (χ4n) is 3.81. The molecular weight excluding hydrogens is 384 g/mol. The van der Waals surface area contributed by atoms with Gasteiger partial charge in [-0.25, -0.2) is 4.79 Å². The lowest BCUT2D eigenvalue weighted by atomic mass is 10.0. The van der Waals surface area contributed by atoms with E-state index in [0.717, 1.165) is 22.4 Å². The molecule has 0 saturated heterocycles. The molecule has 1 heterocycles. The first-order valence-corrected chi connectivity index (χ1v) is 10.7. The van der Waals surface area contributed by atoms with Gasteiger partial charge in [0.25, 0.3) is 0 Å². The number of nitrogens with one attached hydrogen (secondary N) is 1. The molecule has 0 saturated carbocycles. The second-order valence-electron chi connectivity index (χ2n) is 7.62. The number of carboxylic acid groups (broad SMARTS) is 1. The van der Waals surface area contributed by atoms with E-state index in [1.54, 1.807) is 12.1 Å². The molecule has 4 nitrogen and oxygen atoms in total. The van der Waals surface area contributed by atoms with E-state index in [4.69, 9.17) is 16.7 Å². The number of aromatic carboxylic acids is 1. The van der Waals surface area contributed by atoms with E-state index in [9.17, 15) is 4.79 Å². The largest absolute Gasteiger partial charge is 0.478 e. The van der Waals surface area contributed by atoms with Crippen LogP contribution in [0.3, 0.4) is 0 Å². The molecule has 0 aliphatic heterocycles. The first kappa shape index (κ1) is 21.4. The van der Waals surface area contributed by atoms with Crippen LogP contribution in [0.1, 0.15) is 66.7 Å². The molecule has 0 bridgehead atoms. The van der Waals surface area contributed by atoms with Gasteiger partial charge in [0.05, 0.1) is 5.56 Å². The Morgan fingerprint density at radius 3 is 2.55 bits per heavy atom. The average molecular weight is 413 g/mol. The minimum absolute atomic E-state index is 0.224. The minimum atomic E-state index is -0.896. The number of hydrogen-bond acceptors (Lipinski definition) is 2. The van der Waals surface area contributed by atoms with Crippen LogP contribution < -0.4 is 5.32 Å². The summed E-state index contributed by atoms with van der Waals surface area (Å²) in [5.41, 5.74) is 3.82. The molecule has 0 aliphatic carbocycles. The third-order valence-electron chi connectivity index (χ3n) is 5.50. The summed E-state index contributed by atoms with van der Waals surface area (Å²) in [6.45, 7) is 2.92. The monoisotopic (exact) mass is 412 g/mol. The SMILES string of the molecule is CCCCCCC(NCc1ccc(C(=O)O)cc1)c1cc2cc(Cl)ccc2n1C. The maximum absolute atomic E-state index is 11.1. The fraction of sp³-hybridized carbons (Fsp3) is 0.375. The van der Waals surface area contributed by atoms with Crippen molar-refractivity contribution in [3.8, 4) is 0 Å². The van der Waals surface area contributed by atoms with Crippen LogP contribution in [0, 0.1) is 0 Å². The number of halogens is 1. The van der Waals surface area contributed by atoms with Crippen LogP contribution in [0.5, 0.6) is 0 Å². The van der Waals surface area contributed by atoms with E-state index in [1.807, 2.05) is 24.3 Å². The van der Waals surface area contributed by atoms with Crippen molar-refractivity contribution in [2.24, 2.45) is 7.05 Å². The number of unbranched alkanes of at least 4 members (excludes halogenated alkanes) is 3. The van der Waals surface area contributed by atoms with Crippen LogP contribution in [-0.4, -0.2) is 15.6 Å². The number of aryl methyl sites for hydroxylation is 1. The molecule has 2 aromatic carbocycles. The van der Waals surface area contributed by atoms with Gasteiger partial charge in [-0.3, -0.25) is 0 Å². The maximum atomic E-state index is 11.1. The van der Waals surface area contributed by atoms with Gasteiger partial charge in [-0.2, -0.15) is 0 Å².